The van der Waals surface area contributed by atoms with E-state index in [9.17, 15) is 13.2 Å². The Balaban J connectivity index is 2.09. The molecule has 2 rings (SSSR count). The lowest BCUT2D eigenvalue weighted by Gasteiger charge is -2.11. The van der Waals surface area contributed by atoms with Gasteiger partial charge in [0.25, 0.3) is 15.9 Å². The second kappa shape index (κ2) is 7.79. The van der Waals surface area contributed by atoms with E-state index in [1.807, 2.05) is 0 Å². The third-order valence-electron chi connectivity index (χ3n) is 3.79. The number of hydrogen-bond acceptors (Lipinski definition) is 3. The van der Waals surface area contributed by atoms with Crippen molar-refractivity contribution in [3.8, 4) is 0 Å². The largest absolute Gasteiger partial charge is 0.273 e. The van der Waals surface area contributed by atoms with Crippen LogP contribution in [-0.2, 0) is 10.0 Å². The summed E-state index contributed by atoms with van der Waals surface area (Å²) in [5.41, 5.74) is 3.42. The van der Waals surface area contributed by atoms with Crippen LogP contribution in [0, 0.1) is 0 Å². The van der Waals surface area contributed by atoms with E-state index in [4.69, 9.17) is 11.6 Å². The van der Waals surface area contributed by atoms with E-state index in [1.165, 1.54) is 18.2 Å². The van der Waals surface area contributed by atoms with E-state index >= 15 is 0 Å². The molecule has 0 saturated carbocycles. The molecule has 0 bridgehead atoms. The van der Waals surface area contributed by atoms with Gasteiger partial charge < -0.3 is 0 Å². The molecule has 0 spiro atoms. The Kier molecular flexibility index (Phi) is 5.99. The number of amides is 1. The Bertz CT molecular complexity index is 820. The van der Waals surface area contributed by atoms with Crippen molar-refractivity contribution in [3.05, 3.63) is 64.7 Å². The maximum atomic E-state index is 12.2. The van der Waals surface area contributed by atoms with Crippen molar-refractivity contribution in [2.75, 3.05) is 0 Å². The number of halogens is 1. The summed E-state index contributed by atoms with van der Waals surface area (Å²) in [5, 5.41) is 0.243. The van der Waals surface area contributed by atoms with Gasteiger partial charge in [-0.1, -0.05) is 49.7 Å². The van der Waals surface area contributed by atoms with Gasteiger partial charge in [0.05, 0.1) is 15.5 Å². The molecular formula is C17H19ClN2O3S. The van der Waals surface area contributed by atoms with Gasteiger partial charge in [0.1, 0.15) is 0 Å². The van der Waals surface area contributed by atoms with E-state index in [-0.39, 0.29) is 15.5 Å². The van der Waals surface area contributed by atoms with Crippen molar-refractivity contribution in [1.29, 1.82) is 0 Å². The second-order valence-electron chi connectivity index (χ2n) is 5.42. The molecule has 1 atom stereocenters. The first-order valence-corrected chi connectivity index (χ1v) is 9.38. The van der Waals surface area contributed by atoms with E-state index in [2.05, 4.69) is 24.1 Å². The van der Waals surface area contributed by atoms with Crippen LogP contribution in [0.3, 0.4) is 0 Å². The van der Waals surface area contributed by atoms with Crippen molar-refractivity contribution < 1.29 is 13.2 Å². The molecular weight excluding hydrogens is 348 g/mol. The van der Waals surface area contributed by atoms with Crippen LogP contribution in [0.15, 0.2) is 53.4 Å². The Morgan fingerprint density at radius 3 is 2.33 bits per heavy atom. The highest BCUT2D eigenvalue weighted by atomic mass is 35.5. The molecule has 0 aliphatic carbocycles. The number of hydrazine groups is 1. The maximum absolute atomic E-state index is 12.2. The van der Waals surface area contributed by atoms with Gasteiger partial charge in [-0.05, 0) is 42.2 Å². The van der Waals surface area contributed by atoms with Gasteiger partial charge in [-0.25, -0.2) is 8.42 Å². The van der Waals surface area contributed by atoms with Crippen molar-refractivity contribution in [1.82, 2.24) is 10.3 Å². The van der Waals surface area contributed by atoms with Gasteiger partial charge in [-0.3, -0.25) is 10.2 Å². The van der Waals surface area contributed by atoms with Crippen molar-refractivity contribution in [2.45, 2.75) is 31.1 Å². The van der Waals surface area contributed by atoms with E-state index in [0.29, 0.717) is 5.92 Å². The van der Waals surface area contributed by atoms with Crippen LogP contribution in [0.25, 0.3) is 0 Å². The third-order valence-corrected chi connectivity index (χ3v) is 5.38. The summed E-state index contributed by atoms with van der Waals surface area (Å²) in [7, 11) is -3.85. The Labute approximate surface area is 147 Å². The molecule has 0 aliphatic rings. The number of benzene rings is 2. The summed E-state index contributed by atoms with van der Waals surface area (Å²) in [6.45, 7) is 4.15. The molecule has 0 fully saturated rings. The first-order chi connectivity index (χ1) is 11.3. The molecule has 128 valence electrons. The summed E-state index contributed by atoms with van der Waals surface area (Å²) in [4.78, 5) is 14.2. The Morgan fingerprint density at radius 2 is 1.75 bits per heavy atom. The quantitative estimate of drug-likeness (QED) is 0.768. The predicted molar refractivity (Wildman–Crippen MR) is 94.4 cm³/mol. The molecule has 0 unspecified atom stereocenters. The van der Waals surface area contributed by atoms with Gasteiger partial charge >= 0.3 is 0 Å². The molecule has 0 aromatic heterocycles. The van der Waals surface area contributed by atoms with Crippen molar-refractivity contribution >= 4 is 27.5 Å². The second-order valence-corrected chi connectivity index (χ2v) is 7.51. The number of carbonyl (C=O) groups excluding carboxylic acids is 1. The standard InChI is InChI=1S/C17H19ClN2O3S/c1-3-12(2)13-8-10-14(11-9-13)24(22,23)20-19-17(21)15-6-4-5-7-16(15)18/h4-12,20H,3H2,1-2H3,(H,19,21)/t12-/m1/s1. The first kappa shape index (κ1) is 18.4. The lowest BCUT2D eigenvalue weighted by Crippen LogP contribution is -2.41. The van der Waals surface area contributed by atoms with Gasteiger partial charge in [0.2, 0.25) is 0 Å². The zero-order chi connectivity index (χ0) is 17.7. The van der Waals surface area contributed by atoms with Gasteiger partial charge in [0.15, 0.2) is 0 Å². The molecule has 24 heavy (non-hydrogen) atoms. The number of nitrogens with one attached hydrogen (secondary N) is 2. The summed E-state index contributed by atoms with van der Waals surface area (Å²) < 4.78 is 24.5. The third kappa shape index (κ3) is 4.35. The molecule has 0 radical (unpaired) electrons. The van der Waals surface area contributed by atoms with Gasteiger partial charge in [-0.2, -0.15) is 0 Å². The van der Waals surface area contributed by atoms with Crippen LogP contribution >= 0.6 is 11.6 Å². The molecule has 7 heteroatoms. The normalized spacial score (nSPS) is 12.6. The van der Waals surface area contributed by atoms with Crippen LogP contribution in [0.4, 0.5) is 0 Å². The molecule has 2 aromatic carbocycles. The summed E-state index contributed by atoms with van der Waals surface area (Å²) >= 11 is 5.91. The van der Waals surface area contributed by atoms with Crippen molar-refractivity contribution in [2.24, 2.45) is 0 Å². The highest BCUT2D eigenvalue weighted by Gasteiger charge is 2.17. The van der Waals surface area contributed by atoms with E-state index in [0.717, 1.165) is 12.0 Å². The van der Waals surface area contributed by atoms with Crippen LogP contribution < -0.4 is 10.3 Å². The topological polar surface area (TPSA) is 75.3 Å². The molecule has 0 saturated heterocycles. The zero-order valence-corrected chi connectivity index (χ0v) is 15.0. The van der Waals surface area contributed by atoms with Crippen LogP contribution in [-0.4, -0.2) is 14.3 Å². The summed E-state index contributed by atoms with van der Waals surface area (Å²) in [5.74, 6) is -0.268. The van der Waals surface area contributed by atoms with Crippen LogP contribution in [0.5, 0.6) is 0 Å². The monoisotopic (exact) mass is 366 g/mol. The number of carbonyl (C=O) groups is 1. The predicted octanol–water partition coefficient (Wildman–Crippen LogP) is 3.48. The lowest BCUT2D eigenvalue weighted by molar-refractivity contribution is 0.0945. The smallest absolute Gasteiger partial charge is 0.267 e. The Hall–Kier alpha value is -1.89. The summed E-state index contributed by atoms with van der Waals surface area (Å²) in [6.07, 6.45) is 0.970. The average molecular weight is 367 g/mol. The fourth-order valence-electron chi connectivity index (χ4n) is 2.10. The molecule has 5 nitrogen and oxygen atoms in total. The molecule has 2 N–H and O–H groups in total. The first-order valence-electron chi connectivity index (χ1n) is 7.51. The van der Waals surface area contributed by atoms with Crippen LogP contribution in [0.1, 0.15) is 42.1 Å². The van der Waals surface area contributed by atoms with Gasteiger partial charge in [0, 0.05) is 0 Å². The number of rotatable bonds is 6. The average Bonchev–Trinajstić information content (AvgIpc) is 2.59. The van der Waals surface area contributed by atoms with E-state index in [1.54, 1.807) is 30.3 Å². The highest BCUT2D eigenvalue weighted by molar-refractivity contribution is 7.89. The lowest BCUT2D eigenvalue weighted by atomic mass is 9.99. The number of sulfonamides is 1. The molecule has 1 amide bonds. The minimum absolute atomic E-state index is 0.0778. The van der Waals surface area contributed by atoms with E-state index < -0.39 is 15.9 Å². The Morgan fingerprint density at radius 1 is 1.12 bits per heavy atom. The molecule has 0 heterocycles. The fraction of sp³-hybridized carbons (Fsp3) is 0.235. The van der Waals surface area contributed by atoms with Gasteiger partial charge in [-0.15, -0.1) is 4.83 Å². The SMILES string of the molecule is CC[C@@H](C)c1ccc(S(=O)(=O)NNC(=O)c2ccccc2Cl)cc1. The minimum atomic E-state index is -3.85. The zero-order valence-electron chi connectivity index (χ0n) is 13.4. The molecule has 0 aliphatic heterocycles. The highest BCUT2D eigenvalue weighted by Crippen LogP contribution is 2.20. The summed E-state index contributed by atoms with van der Waals surface area (Å²) in [6, 6.07) is 13.0. The van der Waals surface area contributed by atoms with Crippen LogP contribution in [0.2, 0.25) is 5.02 Å². The van der Waals surface area contributed by atoms with Crippen molar-refractivity contribution in [3.63, 3.8) is 0 Å². The fourth-order valence-corrected chi connectivity index (χ4v) is 3.16. The minimum Gasteiger partial charge on any atom is -0.273 e. The maximum Gasteiger partial charge on any atom is 0.267 e. The number of hydrogen-bond donors (Lipinski definition) is 2. The molecule has 2 aromatic rings.